The van der Waals surface area contributed by atoms with Crippen LogP contribution in [0.4, 0.5) is 10.5 Å². The molecular weight excluding hydrogens is 528 g/mol. The van der Waals surface area contributed by atoms with Crippen molar-refractivity contribution in [2.75, 3.05) is 37.0 Å². The molecule has 3 aromatic rings. The highest BCUT2D eigenvalue weighted by Crippen LogP contribution is 2.34. The van der Waals surface area contributed by atoms with Crippen LogP contribution in [0.25, 0.3) is 0 Å². The van der Waals surface area contributed by atoms with Crippen LogP contribution in [0, 0.1) is 0 Å². The molecule has 0 N–H and O–H groups in total. The molecule has 0 radical (unpaired) electrons. The van der Waals surface area contributed by atoms with Crippen LogP contribution >= 0.6 is 23.4 Å². The topological polar surface area (TPSA) is 85.4 Å². The summed E-state index contributed by atoms with van der Waals surface area (Å²) in [6.07, 6.45) is -0.726. The van der Waals surface area contributed by atoms with Gasteiger partial charge in [0.25, 0.3) is 0 Å². The minimum absolute atomic E-state index is 0.0537. The van der Waals surface area contributed by atoms with Crippen molar-refractivity contribution in [3.63, 3.8) is 0 Å². The third-order valence-corrected chi connectivity index (χ3v) is 6.97. The van der Waals surface area contributed by atoms with Gasteiger partial charge in [0.15, 0.2) is 5.75 Å². The molecule has 0 saturated heterocycles. The minimum atomic E-state index is -0.726. The Morgan fingerprint density at radius 1 is 1.03 bits per heavy atom. The Balaban J connectivity index is 1.36. The molecule has 1 aliphatic rings. The first-order valence-electron chi connectivity index (χ1n) is 12.1. The highest BCUT2D eigenvalue weighted by Gasteiger charge is 2.24. The lowest BCUT2D eigenvalue weighted by atomic mass is 10.2. The Hall–Kier alpha value is -3.69. The average molecular weight is 555 g/mol. The third-order valence-electron chi connectivity index (χ3n) is 5.61. The van der Waals surface area contributed by atoms with Gasteiger partial charge >= 0.3 is 12.1 Å². The van der Waals surface area contributed by atoms with Gasteiger partial charge in [-0.3, -0.25) is 14.5 Å². The van der Waals surface area contributed by atoms with E-state index < -0.39 is 12.1 Å². The van der Waals surface area contributed by atoms with Crippen molar-refractivity contribution < 1.29 is 28.6 Å². The fourth-order valence-electron chi connectivity index (χ4n) is 3.80. The second kappa shape index (κ2) is 13.2. The quantitative estimate of drug-likeness (QED) is 0.309. The van der Waals surface area contributed by atoms with E-state index in [4.69, 9.17) is 25.8 Å². The van der Waals surface area contributed by atoms with Crippen molar-refractivity contribution in [1.82, 2.24) is 4.90 Å². The lowest BCUT2D eigenvalue weighted by Crippen LogP contribution is -2.38. The summed E-state index contributed by atoms with van der Waals surface area (Å²) in [6.45, 7) is 2.48. The van der Waals surface area contributed by atoms with Crippen LogP contribution < -0.4 is 14.4 Å². The first-order chi connectivity index (χ1) is 18.4. The molecule has 4 rings (SSSR count). The van der Waals surface area contributed by atoms with E-state index in [1.165, 1.54) is 4.90 Å². The summed E-state index contributed by atoms with van der Waals surface area (Å²) in [7, 11) is 0. The molecule has 10 heteroatoms. The number of carbonyl (C=O) groups excluding carboxylic acids is 3. The summed E-state index contributed by atoms with van der Waals surface area (Å²) >= 11 is 7.65. The number of fused-ring (bicyclic) bond motifs is 1. The van der Waals surface area contributed by atoms with Gasteiger partial charge < -0.3 is 19.1 Å². The van der Waals surface area contributed by atoms with Crippen LogP contribution in [0.2, 0.25) is 5.02 Å². The Morgan fingerprint density at radius 3 is 2.53 bits per heavy atom. The van der Waals surface area contributed by atoms with Crippen molar-refractivity contribution in [1.29, 1.82) is 0 Å². The Labute approximate surface area is 230 Å². The predicted molar refractivity (Wildman–Crippen MR) is 146 cm³/mol. The zero-order valence-corrected chi connectivity index (χ0v) is 22.4. The SMILES string of the molecule is CCOC(=O)CN(Cc1ccc(OCCN2C(=O)CSc3ccccc32)cc1)C(=O)Oc1ccccc1Cl. The van der Waals surface area contributed by atoms with Gasteiger partial charge in [0.05, 0.1) is 29.6 Å². The molecule has 198 valence electrons. The molecule has 2 amide bonds. The standard InChI is InChI=1S/C28H27ClN2O6S/c1-2-35-27(33)18-30(28(34)37-24-9-5-3-7-22(24)29)17-20-11-13-21(14-12-20)36-16-15-31-23-8-4-6-10-25(23)38-19-26(31)32/h3-14H,2,15-19H2,1H3. The molecular formula is C28H27ClN2O6S. The number of hydrogen-bond acceptors (Lipinski definition) is 7. The van der Waals surface area contributed by atoms with Crippen LogP contribution in [-0.4, -0.2) is 54.9 Å². The Kier molecular flexibility index (Phi) is 9.51. The average Bonchev–Trinajstić information content (AvgIpc) is 2.92. The number of benzene rings is 3. The van der Waals surface area contributed by atoms with Crippen LogP contribution in [0.1, 0.15) is 12.5 Å². The molecule has 38 heavy (non-hydrogen) atoms. The van der Waals surface area contributed by atoms with Crippen LogP contribution in [-0.2, 0) is 20.9 Å². The lowest BCUT2D eigenvalue weighted by molar-refractivity contribution is -0.144. The lowest BCUT2D eigenvalue weighted by Gasteiger charge is -2.28. The number of para-hydroxylation sites is 2. The molecule has 3 aromatic carbocycles. The summed E-state index contributed by atoms with van der Waals surface area (Å²) in [4.78, 5) is 41.5. The van der Waals surface area contributed by atoms with Gasteiger partial charge in [0.2, 0.25) is 5.91 Å². The van der Waals surface area contributed by atoms with Crippen molar-refractivity contribution in [2.24, 2.45) is 0 Å². The normalized spacial score (nSPS) is 12.5. The number of halogens is 1. The minimum Gasteiger partial charge on any atom is -0.492 e. The number of carbonyl (C=O) groups is 3. The number of rotatable bonds is 10. The molecule has 1 heterocycles. The molecule has 0 aliphatic carbocycles. The van der Waals surface area contributed by atoms with Gasteiger partial charge in [0, 0.05) is 11.4 Å². The number of esters is 1. The Morgan fingerprint density at radius 2 is 1.76 bits per heavy atom. The number of nitrogens with zero attached hydrogens (tertiary/aromatic N) is 2. The van der Waals surface area contributed by atoms with Crippen LogP contribution in [0.3, 0.4) is 0 Å². The maximum atomic E-state index is 12.9. The number of hydrogen-bond donors (Lipinski definition) is 0. The van der Waals surface area contributed by atoms with Crippen LogP contribution in [0.5, 0.6) is 11.5 Å². The zero-order valence-electron chi connectivity index (χ0n) is 20.8. The summed E-state index contributed by atoms with van der Waals surface area (Å²) in [5, 5.41) is 0.284. The molecule has 0 aromatic heterocycles. The molecule has 0 unspecified atom stereocenters. The van der Waals surface area contributed by atoms with E-state index in [1.807, 2.05) is 24.3 Å². The first-order valence-corrected chi connectivity index (χ1v) is 13.4. The zero-order chi connectivity index (χ0) is 26.9. The first kappa shape index (κ1) is 27.3. The second-order valence-electron chi connectivity index (χ2n) is 8.25. The highest BCUT2D eigenvalue weighted by molar-refractivity contribution is 8.00. The summed E-state index contributed by atoms with van der Waals surface area (Å²) in [5.41, 5.74) is 1.66. The molecule has 1 aliphatic heterocycles. The van der Waals surface area contributed by atoms with Gasteiger partial charge in [-0.1, -0.05) is 48.0 Å². The van der Waals surface area contributed by atoms with Gasteiger partial charge in [-0.05, 0) is 48.9 Å². The second-order valence-corrected chi connectivity index (χ2v) is 9.68. The summed E-state index contributed by atoms with van der Waals surface area (Å²) in [5.74, 6) is 0.739. The maximum absolute atomic E-state index is 12.9. The number of anilines is 1. The summed E-state index contributed by atoms with van der Waals surface area (Å²) in [6, 6.07) is 21.6. The molecule has 0 fully saturated rings. The molecule has 8 nitrogen and oxygen atoms in total. The highest BCUT2D eigenvalue weighted by atomic mass is 35.5. The monoisotopic (exact) mass is 554 g/mol. The Bertz CT molecular complexity index is 1290. The van der Waals surface area contributed by atoms with Crippen molar-refractivity contribution >= 4 is 47.0 Å². The largest absolute Gasteiger partial charge is 0.492 e. The van der Waals surface area contributed by atoms with Gasteiger partial charge in [-0.2, -0.15) is 0 Å². The number of ether oxygens (including phenoxy) is 3. The number of thioether (sulfide) groups is 1. The van der Waals surface area contributed by atoms with Crippen molar-refractivity contribution in [3.05, 3.63) is 83.4 Å². The van der Waals surface area contributed by atoms with E-state index in [0.29, 0.717) is 24.7 Å². The van der Waals surface area contributed by atoms with Crippen molar-refractivity contribution in [2.45, 2.75) is 18.4 Å². The van der Waals surface area contributed by atoms with E-state index >= 15 is 0 Å². The molecule has 0 saturated carbocycles. The van der Waals surface area contributed by atoms with Crippen molar-refractivity contribution in [3.8, 4) is 11.5 Å². The molecule has 0 bridgehead atoms. The van der Waals surface area contributed by atoms with Gasteiger partial charge in [0.1, 0.15) is 18.9 Å². The van der Waals surface area contributed by atoms with E-state index in [0.717, 1.165) is 16.1 Å². The predicted octanol–water partition coefficient (Wildman–Crippen LogP) is 5.42. The van der Waals surface area contributed by atoms with E-state index in [-0.39, 0.29) is 36.4 Å². The molecule has 0 atom stereocenters. The summed E-state index contributed by atoms with van der Waals surface area (Å²) < 4.78 is 16.3. The smallest absolute Gasteiger partial charge is 0.416 e. The van der Waals surface area contributed by atoms with E-state index in [9.17, 15) is 14.4 Å². The third kappa shape index (κ3) is 7.20. The van der Waals surface area contributed by atoms with Gasteiger partial charge in [-0.15, -0.1) is 11.8 Å². The molecule has 0 spiro atoms. The van der Waals surface area contributed by atoms with E-state index in [1.54, 1.807) is 72.1 Å². The van der Waals surface area contributed by atoms with E-state index in [2.05, 4.69) is 0 Å². The van der Waals surface area contributed by atoms with Gasteiger partial charge in [-0.25, -0.2) is 4.79 Å². The fourth-order valence-corrected chi connectivity index (χ4v) is 4.91. The fraction of sp³-hybridized carbons (Fsp3) is 0.250. The number of amides is 2. The maximum Gasteiger partial charge on any atom is 0.416 e. The van der Waals surface area contributed by atoms with Crippen LogP contribution in [0.15, 0.2) is 77.7 Å².